The fourth-order valence-electron chi connectivity index (χ4n) is 2.32. The van der Waals surface area contributed by atoms with Gasteiger partial charge in [-0.15, -0.1) is 6.58 Å². The van der Waals surface area contributed by atoms with Crippen molar-refractivity contribution in [2.45, 2.75) is 32.0 Å². The molecular formula is C13H20N4O2S. The van der Waals surface area contributed by atoms with Gasteiger partial charge in [-0.1, -0.05) is 31.2 Å². The van der Waals surface area contributed by atoms with Crippen molar-refractivity contribution in [2.75, 3.05) is 19.3 Å². The van der Waals surface area contributed by atoms with Crippen LogP contribution in [0.15, 0.2) is 17.6 Å². The van der Waals surface area contributed by atoms with E-state index in [9.17, 15) is 9.59 Å². The second-order valence-electron chi connectivity index (χ2n) is 4.82. The molecule has 0 spiro atoms. The molecule has 2 unspecified atom stereocenters. The van der Waals surface area contributed by atoms with E-state index in [0.717, 1.165) is 30.3 Å². The van der Waals surface area contributed by atoms with Crippen LogP contribution in [0.25, 0.3) is 0 Å². The maximum absolute atomic E-state index is 12.1. The normalized spacial score (nSPS) is 25.4. The summed E-state index contributed by atoms with van der Waals surface area (Å²) in [6.45, 7) is 6.59. The highest BCUT2D eigenvalue weighted by atomic mass is 32.2. The number of nitrogens with zero attached hydrogens (tertiary/aromatic N) is 3. The van der Waals surface area contributed by atoms with E-state index in [1.54, 1.807) is 18.8 Å². The number of carbonyl (C=O) groups is 2. The Morgan fingerprint density at radius 3 is 2.90 bits per heavy atom. The lowest BCUT2D eigenvalue weighted by atomic mass is 10.1. The summed E-state index contributed by atoms with van der Waals surface area (Å²) in [6, 6.07) is -0.790. The standard InChI is InChI=1S/C13H20N4O2S/c1-4-6-7-17-9-10(14-13(17)20-8-5-2)16(3)12(19)15-11(9)18/h5,9-10H,2,4,6-8H2,1,3H3,(H,15,18,19). The Hall–Kier alpha value is -1.50. The molecule has 2 rings (SSSR count). The molecule has 0 radical (unpaired) electrons. The first-order valence-electron chi connectivity index (χ1n) is 6.76. The second kappa shape index (κ2) is 6.30. The first-order chi connectivity index (χ1) is 9.60. The summed E-state index contributed by atoms with van der Waals surface area (Å²) < 4.78 is 0. The van der Waals surface area contributed by atoms with Gasteiger partial charge in [0.25, 0.3) is 5.91 Å². The molecule has 3 amide bonds. The molecule has 2 atom stereocenters. The maximum atomic E-state index is 12.1. The molecule has 2 heterocycles. The Morgan fingerprint density at radius 1 is 1.50 bits per heavy atom. The van der Waals surface area contributed by atoms with E-state index >= 15 is 0 Å². The Labute approximate surface area is 123 Å². The minimum absolute atomic E-state index is 0.257. The topological polar surface area (TPSA) is 65.0 Å². The van der Waals surface area contributed by atoms with Crippen LogP contribution in [0.1, 0.15) is 19.8 Å². The average molecular weight is 296 g/mol. The second-order valence-corrected chi connectivity index (χ2v) is 5.81. The summed E-state index contributed by atoms with van der Waals surface area (Å²) >= 11 is 1.55. The molecule has 20 heavy (non-hydrogen) atoms. The number of likely N-dealkylation sites (N-methyl/N-ethyl adjacent to an activating group) is 1. The van der Waals surface area contributed by atoms with Crippen LogP contribution in [0.3, 0.4) is 0 Å². The average Bonchev–Trinajstić information content (AvgIpc) is 2.79. The van der Waals surface area contributed by atoms with Crippen LogP contribution in [0.5, 0.6) is 0 Å². The lowest BCUT2D eigenvalue weighted by Gasteiger charge is -2.36. The van der Waals surface area contributed by atoms with Crippen LogP contribution in [0, 0.1) is 0 Å². The largest absolute Gasteiger partial charge is 0.336 e. The fourth-order valence-corrected chi connectivity index (χ4v) is 3.14. The number of carbonyl (C=O) groups excluding carboxylic acids is 2. The fraction of sp³-hybridized carbons (Fsp3) is 0.615. The zero-order chi connectivity index (χ0) is 14.7. The third-order valence-electron chi connectivity index (χ3n) is 3.41. The molecule has 0 aromatic carbocycles. The zero-order valence-electron chi connectivity index (χ0n) is 11.8. The van der Waals surface area contributed by atoms with Crippen molar-refractivity contribution in [3.63, 3.8) is 0 Å². The highest BCUT2D eigenvalue weighted by molar-refractivity contribution is 8.13. The van der Waals surface area contributed by atoms with Gasteiger partial charge in [-0.2, -0.15) is 0 Å². The Bertz CT molecular complexity index is 452. The number of unbranched alkanes of at least 4 members (excludes halogenated alkanes) is 1. The van der Waals surface area contributed by atoms with Crippen molar-refractivity contribution in [3.8, 4) is 0 Å². The minimum Gasteiger partial charge on any atom is -0.336 e. The van der Waals surface area contributed by atoms with Crippen molar-refractivity contribution in [1.29, 1.82) is 0 Å². The van der Waals surface area contributed by atoms with Crippen molar-refractivity contribution in [1.82, 2.24) is 15.1 Å². The number of amides is 3. The van der Waals surface area contributed by atoms with Crippen LogP contribution in [0.2, 0.25) is 0 Å². The smallest absolute Gasteiger partial charge is 0.325 e. The van der Waals surface area contributed by atoms with Crippen LogP contribution >= 0.6 is 11.8 Å². The molecule has 0 saturated carbocycles. The van der Waals surface area contributed by atoms with Crippen molar-refractivity contribution >= 4 is 28.9 Å². The predicted molar refractivity (Wildman–Crippen MR) is 80.6 cm³/mol. The summed E-state index contributed by atoms with van der Waals surface area (Å²) in [5, 5.41) is 3.21. The summed E-state index contributed by atoms with van der Waals surface area (Å²) in [4.78, 5) is 31.9. The van der Waals surface area contributed by atoms with Crippen molar-refractivity contribution in [3.05, 3.63) is 12.7 Å². The number of urea groups is 1. The van der Waals surface area contributed by atoms with E-state index in [-0.39, 0.29) is 11.9 Å². The monoisotopic (exact) mass is 296 g/mol. The maximum Gasteiger partial charge on any atom is 0.325 e. The summed E-state index contributed by atoms with van der Waals surface area (Å²) in [5.74, 6) is 0.479. The molecule has 1 fully saturated rings. The SMILES string of the molecule is C=CCSC1=NC2C(C(=O)NC(=O)N2C)N1CCCC. The van der Waals surface area contributed by atoms with Gasteiger partial charge in [0.05, 0.1) is 0 Å². The van der Waals surface area contributed by atoms with E-state index in [4.69, 9.17) is 0 Å². The van der Waals surface area contributed by atoms with Gasteiger partial charge in [-0.05, 0) is 6.42 Å². The highest BCUT2D eigenvalue weighted by Crippen LogP contribution is 2.28. The molecule has 2 aliphatic heterocycles. The van der Waals surface area contributed by atoms with E-state index in [1.807, 2.05) is 11.0 Å². The minimum atomic E-state index is -0.416. The third kappa shape index (κ3) is 2.67. The van der Waals surface area contributed by atoms with Gasteiger partial charge in [0, 0.05) is 19.3 Å². The predicted octanol–water partition coefficient (Wildman–Crippen LogP) is 1.25. The van der Waals surface area contributed by atoms with Crippen LogP contribution in [0.4, 0.5) is 4.79 Å². The number of hydrogen-bond donors (Lipinski definition) is 1. The number of amidine groups is 1. The first kappa shape index (κ1) is 14.9. The molecule has 7 heteroatoms. The lowest BCUT2D eigenvalue weighted by molar-refractivity contribution is -0.127. The van der Waals surface area contributed by atoms with Gasteiger partial charge in [0.15, 0.2) is 17.4 Å². The summed E-state index contributed by atoms with van der Waals surface area (Å²) in [7, 11) is 1.67. The molecule has 0 aromatic heterocycles. The number of hydrogen-bond acceptors (Lipinski definition) is 5. The molecule has 1 N–H and O–H groups in total. The van der Waals surface area contributed by atoms with Crippen LogP contribution in [-0.4, -0.2) is 58.5 Å². The number of aliphatic imine (C=N–C) groups is 1. The van der Waals surface area contributed by atoms with Crippen LogP contribution in [-0.2, 0) is 4.79 Å². The van der Waals surface area contributed by atoms with Crippen molar-refractivity contribution < 1.29 is 9.59 Å². The van der Waals surface area contributed by atoms with E-state index < -0.39 is 12.2 Å². The third-order valence-corrected chi connectivity index (χ3v) is 4.41. The first-order valence-corrected chi connectivity index (χ1v) is 7.74. The number of thioether (sulfide) groups is 1. The number of rotatable bonds is 5. The van der Waals surface area contributed by atoms with Crippen LogP contribution < -0.4 is 5.32 Å². The zero-order valence-corrected chi connectivity index (χ0v) is 12.7. The Kier molecular flexibility index (Phi) is 4.69. The van der Waals surface area contributed by atoms with Crippen molar-refractivity contribution in [2.24, 2.45) is 4.99 Å². The van der Waals surface area contributed by atoms with E-state index in [2.05, 4.69) is 23.8 Å². The molecule has 0 bridgehead atoms. The lowest BCUT2D eigenvalue weighted by Crippen LogP contribution is -2.63. The quantitative estimate of drug-likeness (QED) is 0.776. The molecule has 6 nitrogen and oxygen atoms in total. The number of imide groups is 1. The van der Waals surface area contributed by atoms with Gasteiger partial charge in [-0.3, -0.25) is 10.1 Å². The molecule has 0 aromatic rings. The number of nitrogens with one attached hydrogen (secondary N) is 1. The van der Waals surface area contributed by atoms with E-state index in [0.29, 0.717) is 0 Å². The molecule has 110 valence electrons. The van der Waals surface area contributed by atoms with E-state index in [1.165, 1.54) is 4.90 Å². The van der Waals surface area contributed by atoms with Gasteiger partial charge in [0.2, 0.25) is 0 Å². The number of fused-ring (bicyclic) bond motifs is 1. The highest BCUT2D eigenvalue weighted by Gasteiger charge is 2.48. The van der Waals surface area contributed by atoms with Gasteiger partial charge < -0.3 is 9.80 Å². The van der Waals surface area contributed by atoms with Gasteiger partial charge in [-0.25, -0.2) is 9.79 Å². The molecular weight excluding hydrogens is 276 g/mol. The van der Waals surface area contributed by atoms with Gasteiger partial charge in [0.1, 0.15) is 0 Å². The summed E-state index contributed by atoms with van der Waals surface area (Å²) in [5.41, 5.74) is 0. The van der Waals surface area contributed by atoms with Gasteiger partial charge >= 0.3 is 6.03 Å². The molecule has 2 aliphatic rings. The summed E-state index contributed by atoms with van der Waals surface area (Å²) in [6.07, 6.45) is 3.42. The Balaban J connectivity index is 2.23. The molecule has 0 aliphatic carbocycles. The molecule has 1 saturated heterocycles. The Morgan fingerprint density at radius 2 is 2.25 bits per heavy atom.